The van der Waals surface area contributed by atoms with Gasteiger partial charge in [0.15, 0.2) is 0 Å². The molecule has 2 aromatic heterocycles. The summed E-state index contributed by atoms with van der Waals surface area (Å²) >= 11 is 1.75. The van der Waals surface area contributed by atoms with Crippen molar-refractivity contribution in [2.24, 2.45) is 0 Å². The van der Waals surface area contributed by atoms with E-state index >= 15 is 0 Å². The van der Waals surface area contributed by atoms with Gasteiger partial charge >= 0.3 is 5.97 Å². The van der Waals surface area contributed by atoms with E-state index in [0.717, 1.165) is 30.0 Å². The molecule has 2 N–H and O–H groups in total. The molecule has 158 valence electrons. The lowest BCUT2D eigenvalue weighted by Crippen LogP contribution is -2.07. The third-order valence-corrected chi connectivity index (χ3v) is 5.81. The first-order chi connectivity index (χ1) is 15.1. The van der Waals surface area contributed by atoms with E-state index in [4.69, 9.17) is 9.84 Å². The normalized spacial score (nSPS) is 10.9. The molecule has 0 aliphatic carbocycles. The number of carboxylic acid groups (broad SMARTS) is 1. The van der Waals surface area contributed by atoms with Crippen molar-refractivity contribution in [1.29, 1.82) is 0 Å². The number of aromatic nitrogens is 2. The zero-order chi connectivity index (χ0) is 21.6. The van der Waals surface area contributed by atoms with Crippen molar-refractivity contribution < 1.29 is 14.6 Å². The predicted octanol–water partition coefficient (Wildman–Crippen LogP) is 5.04. The standard InChI is InChI=1S/C24H23N3O3S/c1-2-30-21-12-17(4-5-18(21)13-24(28)29)20-14-23(27-15-26-20)25-9-7-16-3-6-22-19(11-16)8-10-31-22/h3-6,8,10-12,14-15H,2,7,9,13H2,1H3,(H,28,29)(H,25,26,27). The number of benzene rings is 2. The van der Waals surface area contributed by atoms with Gasteiger partial charge < -0.3 is 15.2 Å². The van der Waals surface area contributed by atoms with E-state index in [1.807, 2.05) is 25.1 Å². The van der Waals surface area contributed by atoms with Crippen molar-refractivity contribution in [3.05, 3.63) is 71.4 Å². The molecule has 4 aromatic rings. The minimum atomic E-state index is -0.889. The lowest BCUT2D eigenvalue weighted by Gasteiger charge is -2.12. The minimum absolute atomic E-state index is 0.0800. The monoisotopic (exact) mass is 433 g/mol. The molecule has 0 unspecified atom stereocenters. The van der Waals surface area contributed by atoms with Crippen molar-refractivity contribution in [1.82, 2.24) is 9.97 Å². The molecule has 0 spiro atoms. The van der Waals surface area contributed by atoms with Crippen LogP contribution in [0.2, 0.25) is 0 Å². The number of carbonyl (C=O) groups is 1. The molecule has 31 heavy (non-hydrogen) atoms. The first-order valence-electron chi connectivity index (χ1n) is 10.1. The molecule has 0 saturated heterocycles. The second kappa shape index (κ2) is 9.57. The molecule has 2 heterocycles. The topological polar surface area (TPSA) is 84.3 Å². The average Bonchev–Trinajstić information content (AvgIpc) is 3.23. The second-order valence-electron chi connectivity index (χ2n) is 7.08. The van der Waals surface area contributed by atoms with Crippen molar-refractivity contribution in [2.45, 2.75) is 19.8 Å². The number of thiophene rings is 1. The number of carboxylic acids is 1. The van der Waals surface area contributed by atoms with Gasteiger partial charge in [0.25, 0.3) is 0 Å². The highest BCUT2D eigenvalue weighted by molar-refractivity contribution is 7.17. The zero-order valence-corrected chi connectivity index (χ0v) is 18.0. The number of hydrogen-bond acceptors (Lipinski definition) is 6. The number of nitrogens with zero attached hydrogens (tertiary/aromatic N) is 2. The minimum Gasteiger partial charge on any atom is -0.494 e. The highest BCUT2D eigenvalue weighted by Crippen LogP contribution is 2.28. The highest BCUT2D eigenvalue weighted by atomic mass is 32.1. The van der Waals surface area contributed by atoms with Gasteiger partial charge in [-0.15, -0.1) is 11.3 Å². The number of hydrogen-bond donors (Lipinski definition) is 2. The van der Waals surface area contributed by atoms with Crippen LogP contribution in [0, 0.1) is 0 Å². The van der Waals surface area contributed by atoms with Crippen LogP contribution in [-0.4, -0.2) is 34.2 Å². The summed E-state index contributed by atoms with van der Waals surface area (Å²) in [5.74, 6) is 0.425. The molecule has 0 amide bonds. The van der Waals surface area contributed by atoms with Gasteiger partial charge in [0.1, 0.15) is 17.9 Å². The van der Waals surface area contributed by atoms with Gasteiger partial charge in [-0.3, -0.25) is 4.79 Å². The Kier molecular flexibility index (Phi) is 6.43. The highest BCUT2D eigenvalue weighted by Gasteiger charge is 2.11. The molecule has 0 fully saturated rings. The molecule has 4 rings (SSSR count). The Morgan fingerprint density at radius 1 is 1.13 bits per heavy atom. The van der Waals surface area contributed by atoms with Gasteiger partial charge in [0, 0.05) is 28.4 Å². The maximum absolute atomic E-state index is 11.1. The van der Waals surface area contributed by atoms with Crippen molar-refractivity contribution in [3.63, 3.8) is 0 Å². The molecular formula is C24H23N3O3S. The maximum Gasteiger partial charge on any atom is 0.307 e. The molecule has 7 heteroatoms. The SMILES string of the molecule is CCOc1cc(-c2cc(NCCc3ccc4sccc4c3)ncn2)ccc1CC(=O)O. The summed E-state index contributed by atoms with van der Waals surface area (Å²) in [6, 6.07) is 16.1. The molecule has 0 saturated carbocycles. The van der Waals surface area contributed by atoms with Crippen LogP contribution in [0.15, 0.2) is 60.2 Å². The predicted molar refractivity (Wildman–Crippen MR) is 124 cm³/mol. The van der Waals surface area contributed by atoms with Crippen LogP contribution in [0.25, 0.3) is 21.3 Å². The van der Waals surface area contributed by atoms with Gasteiger partial charge in [0.2, 0.25) is 0 Å². The number of aliphatic carboxylic acids is 1. The summed E-state index contributed by atoms with van der Waals surface area (Å²) < 4.78 is 6.95. The Labute approximate surface area is 184 Å². The first kappa shape index (κ1) is 20.8. The van der Waals surface area contributed by atoms with E-state index in [1.165, 1.54) is 22.0 Å². The van der Waals surface area contributed by atoms with Gasteiger partial charge in [-0.25, -0.2) is 9.97 Å². The molecule has 0 bridgehead atoms. The van der Waals surface area contributed by atoms with E-state index in [1.54, 1.807) is 17.4 Å². The van der Waals surface area contributed by atoms with E-state index in [9.17, 15) is 4.79 Å². The first-order valence-corrected chi connectivity index (χ1v) is 11.0. The average molecular weight is 434 g/mol. The van der Waals surface area contributed by atoms with Crippen LogP contribution >= 0.6 is 11.3 Å². The second-order valence-corrected chi connectivity index (χ2v) is 8.03. The molecule has 0 aliphatic heterocycles. The third kappa shape index (κ3) is 5.19. The summed E-state index contributed by atoms with van der Waals surface area (Å²) in [6.07, 6.45) is 2.34. The van der Waals surface area contributed by atoms with Gasteiger partial charge in [0.05, 0.1) is 18.7 Å². The van der Waals surface area contributed by atoms with Crippen molar-refractivity contribution in [2.75, 3.05) is 18.5 Å². The number of ether oxygens (including phenoxy) is 1. The summed E-state index contributed by atoms with van der Waals surface area (Å²) in [6.45, 7) is 3.09. The van der Waals surface area contributed by atoms with Crippen LogP contribution in [-0.2, 0) is 17.6 Å². The number of rotatable bonds is 9. The summed E-state index contributed by atoms with van der Waals surface area (Å²) in [5, 5.41) is 15.9. The van der Waals surface area contributed by atoms with E-state index in [0.29, 0.717) is 17.9 Å². The Balaban J connectivity index is 1.46. The van der Waals surface area contributed by atoms with Crippen LogP contribution in [0.1, 0.15) is 18.1 Å². The van der Waals surface area contributed by atoms with E-state index in [2.05, 4.69) is 44.9 Å². The number of anilines is 1. The third-order valence-electron chi connectivity index (χ3n) is 4.91. The lowest BCUT2D eigenvalue weighted by atomic mass is 10.1. The lowest BCUT2D eigenvalue weighted by molar-refractivity contribution is -0.136. The van der Waals surface area contributed by atoms with Crippen LogP contribution < -0.4 is 10.1 Å². The Morgan fingerprint density at radius 3 is 2.87 bits per heavy atom. The zero-order valence-electron chi connectivity index (χ0n) is 17.2. The van der Waals surface area contributed by atoms with Crippen molar-refractivity contribution >= 4 is 33.2 Å². The molecule has 0 atom stereocenters. The van der Waals surface area contributed by atoms with E-state index in [-0.39, 0.29) is 6.42 Å². The van der Waals surface area contributed by atoms with Gasteiger partial charge in [-0.2, -0.15) is 0 Å². The van der Waals surface area contributed by atoms with E-state index < -0.39 is 5.97 Å². The summed E-state index contributed by atoms with van der Waals surface area (Å²) in [4.78, 5) is 19.8. The van der Waals surface area contributed by atoms with Crippen molar-refractivity contribution in [3.8, 4) is 17.0 Å². The number of nitrogens with one attached hydrogen (secondary N) is 1. The fourth-order valence-corrected chi connectivity index (χ4v) is 4.20. The molecular weight excluding hydrogens is 410 g/mol. The Morgan fingerprint density at radius 2 is 2.03 bits per heavy atom. The Bertz CT molecular complexity index is 1210. The largest absolute Gasteiger partial charge is 0.494 e. The van der Waals surface area contributed by atoms with Gasteiger partial charge in [-0.1, -0.05) is 24.3 Å². The smallest absolute Gasteiger partial charge is 0.307 e. The van der Waals surface area contributed by atoms with Crippen LogP contribution in [0.4, 0.5) is 5.82 Å². The number of fused-ring (bicyclic) bond motifs is 1. The quantitative estimate of drug-likeness (QED) is 0.385. The summed E-state index contributed by atoms with van der Waals surface area (Å²) in [7, 11) is 0. The fourth-order valence-electron chi connectivity index (χ4n) is 3.43. The molecule has 2 aromatic carbocycles. The molecule has 6 nitrogen and oxygen atoms in total. The van der Waals surface area contributed by atoms with Crippen LogP contribution in [0.3, 0.4) is 0 Å². The van der Waals surface area contributed by atoms with Gasteiger partial charge in [-0.05, 0) is 47.9 Å². The molecule has 0 radical (unpaired) electrons. The maximum atomic E-state index is 11.1. The Hall–Kier alpha value is -3.45. The summed E-state index contributed by atoms with van der Waals surface area (Å²) in [5.41, 5.74) is 3.53. The molecule has 0 aliphatic rings. The fraction of sp³-hybridized carbons (Fsp3) is 0.208. The van der Waals surface area contributed by atoms with Crippen LogP contribution in [0.5, 0.6) is 5.75 Å².